The monoisotopic (exact) mass is 275 g/mol. The third-order valence-electron chi connectivity index (χ3n) is 2.23. The number of rotatable bonds is 2. The van der Waals surface area contributed by atoms with Crippen LogP contribution in [0, 0.1) is 0 Å². The molecule has 0 aromatic carbocycles. The van der Waals surface area contributed by atoms with Crippen molar-refractivity contribution in [1.29, 1.82) is 0 Å². The molecule has 0 spiro atoms. The van der Waals surface area contributed by atoms with Crippen molar-refractivity contribution in [2.45, 2.75) is 24.0 Å². The number of carbonyl (C=O) groups excluding carboxylic acids is 1. The number of carboxylic acid groups (broad SMARTS) is 1. The molecule has 0 aliphatic carbocycles. The second kappa shape index (κ2) is 4.59. The zero-order chi connectivity index (χ0) is 13.3. The van der Waals surface area contributed by atoms with E-state index >= 15 is 0 Å². The van der Waals surface area contributed by atoms with Crippen LogP contribution in [0.3, 0.4) is 0 Å². The van der Waals surface area contributed by atoms with Crippen LogP contribution >= 0.6 is 11.6 Å². The van der Waals surface area contributed by atoms with Crippen LogP contribution in [-0.4, -0.2) is 46.4 Å². The average molecular weight is 276 g/mol. The van der Waals surface area contributed by atoms with E-state index in [-0.39, 0.29) is 19.4 Å². The van der Waals surface area contributed by atoms with Gasteiger partial charge in [-0.25, -0.2) is 9.59 Å². The van der Waals surface area contributed by atoms with Crippen molar-refractivity contribution in [3.63, 3.8) is 0 Å². The van der Waals surface area contributed by atoms with Crippen molar-refractivity contribution in [2.75, 3.05) is 13.2 Å². The van der Waals surface area contributed by atoms with E-state index in [4.69, 9.17) is 16.7 Å². The Balaban J connectivity index is 2.66. The number of hydrogen-bond acceptors (Lipinski definition) is 3. The minimum Gasteiger partial charge on any atom is -0.479 e. The normalized spacial score (nSPS) is 24.8. The molecule has 0 bridgehead atoms. The quantitative estimate of drug-likeness (QED) is 0.616. The molecule has 0 saturated carbocycles. The standard InChI is InChI=1S/C8H9ClF3NO4/c9-7(5(14)15)2-1-3-13(7)6(16)17-4-8(10,11)12/h1-4H2,(H,14,15)/t7-/m0/s1. The molecule has 98 valence electrons. The fourth-order valence-corrected chi connectivity index (χ4v) is 1.75. The van der Waals surface area contributed by atoms with Gasteiger partial charge in [-0.15, -0.1) is 0 Å². The van der Waals surface area contributed by atoms with Crippen molar-refractivity contribution in [3.8, 4) is 0 Å². The lowest BCUT2D eigenvalue weighted by molar-refractivity contribution is -0.163. The lowest BCUT2D eigenvalue weighted by atomic mass is 10.2. The number of carboxylic acids is 1. The summed E-state index contributed by atoms with van der Waals surface area (Å²) in [5.41, 5.74) is 0. The van der Waals surface area contributed by atoms with Gasteiger partial charge in [0.1, 0.15) is 0 Å². The molecule has 1 N–H and O–H groups in total. The zero-order valence-corrected chi connectivity index (χ0v) is 9.22. The summed E-state index contributed by atoms with van der Waals surface area (Å²) in [7, 11) is 0. The Bertz CT molecular complexity index is 335. The lowest BCUT2D eigenvalue weighted by Gasteiger charge is -2.28. The van der Waals surface area contributed by atoms with Crippen molar-refractivity contribution >= 4 is 23.7 Å². The summed E-state index contributed by atoms with van der Waals surface area (Å²) in [6.45, 7) is -1.82. The van der Waals surface area contributed by atoms with Gasteiger partial charge < -0.3 is 9.84 Å². The van der Waals surface area contributed by atoms with E-state index in [0.29, 0.717) is 4.90 Å². The highest BCUT2D eigenvalue weighted by molar-refractivity contribution is 6.34. The van der Waals surface area contributed by atoms with Gasteiger partial charge in [0, 0.05) is 6.54 Å². The predicted molar refractivity (Wildman–Crippen MR) is 49.6 cm³/mol. The van der Waals surface area contributed by atoms with Crippen LogP contribution in [-0.2, 0) is 9.53 Å². The van der Waals surface area contributed by atoms with Crippen LogP contribution in [0.25, 0.3) is 0 Å². The molecule has 1 aliphatic heterocycles. The molecule has 0 aromatic heterocycles. The third kappa shape index (κ3) is 3.15. The molecule has 5 nitrogen and oxygen atoms in total. The fraction of sp³-hybridized carbons (Fsp3) is 0.750. The van der Waals surface area contributed by atoms with Gasteiger partial charge in [-0.05, 0) is 12.8 Å². The molecule has 1 heterocycles. The van der Waals surface area contributed by atoms with Crippen molar-refractivity contribution < 1.29 is 32.6 Å². The number of nitrogens with zero attached hydrogens (tertiary/aromatic N) is 1. The van der Waals surface area contributed by atoms with Gasteiger partial charge in [0.05, 0.1) is 0 Å². The van der Waals surface area contributed by atoms with Crippen LogP contribution in [0.4, 0.5) is 18.0 Å². The summed E-state index contributed by atoms with van der Waals surface area (Å²) in [4.78, 5) is 20.7. The van der Waals surface area contributed by atoms with Crippen molar-refractivity contribution in [2.24, 2.45) is 0 Å². The summed E-state index contributed by atoms with van der Waals surface area (Å²) in [6.07, 6.45) is -5.78. The average Bonchev–Trinajstić information content (AvgIpc) is 2.57. The molecule has 0 aromatic rings. The topological polar surface area (TPSA) is 66.8 Å². The van der Waals surface area contributed by atoms with Crippen LogP contribution in [0.1, 0.15) is 12.8 Å². The molecule has 17 heavy (non-hydrogen) atoms. The SMILES string of the molecule is O=C(OCC(F)(F)F)N1CCC[C@@]1(Cl)C(=O)O. The first-order valence-corrected chi connectivity index (χ1v) is 4.98. The Labute approximate surface area is 99.1 Å². The van der Waals surface area contributed by atoms with Gasteiger partial charge in [-0.2, -0.15) is 13.2 Å². The summed E-state index contributed by atoms with van der Waals surface area (Å²) in [5.74, 6) is -1.49. The van der Waals surface area contributed by atoms with Crippen LogP contribution in [0.2, 0.25) is 0 Å². The summed E-state index contributed by atoms with van der Waals surface area (Å²) in [5, 5.41) is 8.82. The van der Waals surface area contributed by atoms with E-state index in [0.717, 1.165) is 0 Å². The summed E-state index contributed by atoms with van der Waals surface area (Å²) >= 11 is 5.66. The molecule has 0 unspecified atom stereocenters. The number of alkyl halides is 4. The molecular weight excluding hydrogens is 267 g/mol. The Kier molecular flexibility index (Phi) is 3.75. The van der Waals surface area contributed by atoms with Gasteiger partial charge in [-0.3, -0.25) is 4.90 Å². The van der Waals surface area contributed by atoms with Crippen LogP contribution in [0.15, 0.2) is 0 Å². The van der Waals surface area contributed by atoms with E-state index in [2.05, 4.69) is 4.74 Å². The van der Waals surface area contributed by atoms with E-state index in [1.165, 1.54) is 0 Å². The molecule has 1 rings (SSSR count). The maximum Gasteiger partial charge on any atom is 0.422 e. The van der Waals surface area contributed by atoms with Gasteiger partial charge in [0.25, 0.3) is 0 Å². The number of aliphatic carboxylic acids is 1. The third-order valence-corrected chi connectivity index (χ3v) is 2.78. The van der Waals surface area contributed by atoms with Gasteiger partial charge in [0.2, 0.25) is 5.00 Å². The number of likely N-dealkylation sites (tertiary alicyclic amines) is 1. The highest BCUT2D eigenvalue weighted by Gasteiger charge is 2.50. The van der Waals surface area contributed by atoms with E-state index in [9.17, 15) is 22.8 Å². The minimum absolute atomic E-state index is 0.0367. The molecule has 9 heteroatoms. The predicted octanol–water partition coefficient (Wildman–Crippen LogP) is 1.80. The number of carbonyl (C=O) groups is 2. The smallest absolute Gasteiger partial charge is 0.422 e. The highest BCUT2D eigenvalue weighted by atomic mass is 35.5. The lowest BCUT2D eigenvalue weighted by Crippen LogP contribution is -2.49. The zero-order valence-electron chi connectivity index (χ0n) is 8.46. The van der Waals surface area contributed by atoms with Gasteiger partial charge in [0.15, 0.2) is 6.61 Å². The first-order valence-electron chi connectivity index (χ1n) is 4.60. The number of ether oxygens (including phenoxy) is 1. The molecule has 1 amide bonds. The van der Waals surface area contributed by atoms with Crippen LogP contribution in [0.5, 0.6) is 0 Å². The Morgan fingerprint density at radius 2 is 2.06 bits per heavy atom. The first kappa shape index (κ1) is 13.9. The molecule has 1 aliphatic rings. The second-order valence-electron chi connectivity index (χ2n) is 3.49. The highest BCUT2D eigenvalue weighted by Crippen LogP contribution is 2.34. The summed E-state index contributed by atoms with van der Waals surface area (Å²) in [6, 6.07) is 0. The number of halogens is 4. The minimum atomic E-state index is -4.66. The first-order chi connectivity index (χ1) is 7.67. The van der Waals surface area contributed by atoms with Crippen molar-refractivity contribution in [1.82, 2.24) is 4.90 Å². The van der Waals surface area contributed by atoms with Crippen molar-refractivity contribution in [3.05, 3.63) is 0 Å². The second-order valence-corrected chi connectivity index (χ2v) is 4.11. The largest absolute Gasteiger partial charge is 0.479 e. The van der Waals surface area contributed by atoms with Gasteiger partial charge >= 0.3 is 18.2 Å². The Morgan fingerprint density at radius 1 is 1.47 bits per heavy atom. The number of hydrogen-bond donors (Lipinski definition) is 1. The fourth-order valence-electron chi connectivity index (χ4n) is 1.46. The van der Waals surface area contributed by atoms with E-state index < -0.39 is 29.8 Å². The van der Waals surface area contributed by atoms with Crippen LogP contribution < -0.4 is 0 Å². The van der Waals surface area contributed by atoms with E-state index in [1.54, 1.807) is 0 Å². The molecule has 0 radical (unpaired) electrons. The van der Waals surface area contributed by atoms with Gasteiger partial charge in [-0.1, -0.05) is 11.6 Å². The Morgan fingerprint density at radius 3 is 2.53 bits per heavy atom. The molecule has 1 fully saturated rings. The number of amides is 1. The summed E-state index contributed by atoms with van der Waals surface area (Å²) < 4.78 is 39.4. The maximum absolute atomic E-state index is 11.8. The molecular formula is C8H9ClF3NO4. The molecule has 1 saturated heterocycles. The Hall–Kier alpha value is -1.18. The maximum atomic E-state index is 11.8. The van der Waals surface area contributed by atoms with E-state index in [1.807, 2.05) is 0 Å². The molecule has 1 atom stereocenters.